The molecule has 1 rings (SSSR count). The summed E-state index contributed by atoms with van der Waals surface area (Å²) in [5.41, 5.74) is 7.85. The highest BCUT2D eigenvalue weighted by atomic mass is 19.1. The van der Waals surface area contributed by atoms with E-state index >= 15 is 0 Å². The summed E-state index contributed by atoms with van der Waals surface area (Å²) in [6.07, 6.45) is 1.43. The minimum atomic E-state index is -0.353. The van der Waals surface area contributed by atoms with Crippen molar-refractivity contribution in [3.8, 4) is 0 Å². The fraction of sp³-hybridized carbons (Fsp3) is 0.538. The first-order valence-corrected chi connectivity index (χ1v) is 5.47. The highest BCUT2D eigenvalue weighted by Gasteiger charge is 2.19. The number of methoxy groups -OCH3 is 1. The van der Waals surface area contributed by atoms with E-state index < -0.39 is 0 Å². The van der Waals surface area contributed by atoms with Crippen molar-refractivity contribution < 1.29 is 9.13 Å². The van der Waals surface area contributed by atoms with E-state index in [9.17, 15) is 4.39 Å². The fourth-order valence-electron chi connectivity index (χ4n) is 1.69. The average molecular weight is 225 g/mol. The van der Waals surface area contributed by atoms with Gasteiger partial charge in [-0.1, -0.05) is 6.07 Å². The first-order valence-electron chi connectivity index (χ1n) is 5.47. The van der Waals surface area contributed by atoms with Gasteiger partial charge in [0.15, 0.2) is 0 Å². The smallest absolute Gasteiger partial charge is 0.123 e. The van der Waals surface area contributed by atoms with Crippen LogP contribution in [0.5, 0.6) is 0 Å². The normalized spacial score (nSPS) is 14.8. The summed E-state index contributed by atoms with van der Waals surface area (Å²) in [6.45, 7) is 4.57. The van der Waals surface area contributed by atoms with Gasteiger partial charge in [-0.2, -0.15) is 0 Å². The molecular weight excluding hydrogens is 205 g/mol. The van der Waals surface area contributed by atoms with Crippen molar-refractivity contribution in [2.45, 2.75) is 32.2 Å². The van der Waals surface area contributed by atoms with Crippen LogP contribution < -0.4 is 5.73 Å². The number of rotatable bonds is 5. The topological polar surface area (TPSA) is 35.2 Å². The van der Waals surface area contributed by atoms with E-state index in [-0.39, 0.29) is 11.4 Å². The zero-order valence-corrected chi connectivity index (χ0v) is 10.2. The number of nitrogens with two attached hydrogens (primary N) is 1. The van der Waals surface area contributed by atoms with Crippen LogP contribution in [0.25, 0.3) is 0 Å². The lowest BCUT2D eigenvalue weighted by Gasteiger charge is -2.25. The van der Waals surface area contributed by atoms with Crippen LogP contribution in [0.4, 0.5) is 4.39 Å². The van der Waals surface area contributed by atoms with E-state index in [1.807, 2.05) is 13.8 Å². The molecule has 90 valence electrons. The lowest BCUT2D eigenvalue weighted by atomic mass is 9.89. The van der Waals surface area contributed by atoms with E-state index in [2.05, 4.69) is 0 Å². The lowest BCUT2D eigenvalue weighted by Crippen LogP contribution is -2.39. The molecule has 16 heavy (non-hydrogen) atoms. The summed E-state index contributed by atoms with van der Waals surface area (Å²) in [4.78, 5) is 0. The van der Waals surface area contributed by atoms with Crippen LogP contribution in [0.3, 0.4) is 0 Å². The molecule has 0 radical (unpaired) electrons. The molecular formula is C13H20FNO. The third-order valence-electron chi connectivity index (χ3n) is 2.78. The lowest BCUT2D eigenvalue weighted by molar-refractivity contribution is 0.171. The van der Waals surface area contributed by atoms with Crippen molar-refractivity contribution in [1.82, 2.24) is 0 Å². The Morgan fingerprint density at radius 1 is 1.44 bits per heavy atom. The zero-order valence-electron chi connectivity index (χ0n) is 10.2. The maximum atomic E-state index is 13.1. The number of benzene rings is 1. The standard InChI is InChI=1S/C13H20FNO/c1-10-4-5-12(14)8-11(10)9-13(2,15)6-7-16-3/h4-5,8H,6-7,9,15H2,1-3H3. The maximum absolute atomic E-state index is 13.1. The minimum Gasteiger partial charge on any atom is -0.385 e. The van der Waals surface area contributed by atoms with E-state index in [1.165, 1.54) is 6.07 Å². The molecule has 0 saturated carbocycles. The quantitative estimate of drug-likeness (QED) is 0.835. The molecule has 0 aliphatic carbocycles. The number of ether oxygens (including phenoxy) is 1. The molecule has 0 aliphatic heterocycles. The summed E-state index contributed by atoms with van der Waals surface area (Å²) < 4.78 is 18.1. The number of hydrogen-bond donors (Lipinski definition) is 1. The predicted octanol–water partition coefficient (Wildman–Crippen LogP) is 2.43. The number of halogens is 1. The van der Waals surface area contributed by atoms with Gasteiger partial charge >= 0.3 is 0 Å². The van der Waals surface area contributed by atoms with Gasteiger partial charge in [0.1, 0.15) is 5.82 Å². The molecule has 0 heterocycles. The summed E-state index contributed by atoms with van der Waals surface area (Å²) in [5.74, 6) is -0.205. The van der Waals surface area contributed by atoms with Crippen LogP contribution in [-0.2, 0) is 11.2 Å². The summed E-state index contributed by atoms with van der Waals surface area (Å²) in [6, 6.07) is 4.83. The van der Waals surface area contributed by atoms with Gasteiger partial charge in [-0.25, -0.2) is 4.39 Å². The van der Waals surface area contributed by atoms with Crippen molar-refractivity contribution in [2.24, 2.45) is 5.73 Å². The second-order valence-electron chi connectivity index (χ2n) is 4.64. The zero-order chi connectivity index (χ0) is 12.2. The minimum absolute atomic E-state index is 0.205. The Labute approximate surface area is 96.6 Å². The molecule has 0 bridgehead atoms. The Kier molecular flexibility index (Phi) is 4.44. The molecule has 2 nitrogen and oxygen atoms in total. The number of aryl methyl sites for hydroxylation is 1. The predicted molar refractivity (Wildman–Crippen MR) is 63.9 cm³/mol. The average Bonchev–Trinajstić information content (AvgIpc) is 2.20. The molecule has 2 N–H and O–H groups in total. The SMILES string of the molecule is COCCC(C)(N)Cc1cc(F)ccc1C. The van der Waals surface area contributed by atoms with Crippen molar-refractivity contribution >= 4 is 0 Å². The molecule has 0 amide bonds. The van der Waals surface area contributed by atoms with Gasteiger partial charge in [-0.3, -0.25) is 0 Å². The monoisotopic (exact) mass is 225 g/mol. The molecule has 0 fully saturated rings. The number of hydrogen-bond acceptors (Lipinski definition) is 2. The van der Waals surface area contributed by atoms with E-state index in [4.69, 9.17) is 10.5 Å². The highest BCUT2D eigenvalue weighted by molar-refractivity contribution is 5.28. The molecule has 1 atom stereocenters. The molecule has 1 aromatic rings. The molecule has 0 aromatic heterocycles. The molecule has 0 spiro atoms. The molecule has 0 saturated heterocycles. The van der Waals surface area contributed by atoms with Gasteiger partial charge in [0.25, 0.3) is 0 Å². The molecule has 1 unspecified atom stereocenters. The molecule has 3 heteroatoms. The second kappa shape index (κ2) is 5.41. The first kappa shape index (κ1) is 13.1. The Bertz CT molecular complexity index is 350. The van der Waals surface area contributed by atoms with E-state index in [0.29, 0.717) is 13.0 Å². The second-order valence-corrected chi connectivity index (χ2v) is 4.64. The Morgan fingerprint density at radius 3 is 2.75 bits per heavy atom. The van der Waals surface area contributed by atoms with Gasteiger partial charge < -0.3 is 10.5 Å². The largest absolute Gasteiger partial charge is 0.385 e. The highest BCUT2D eigenvalue weighted by Crippen LogP contribution is 2.18. The van der Waals surface area contributed by atoms with Gasteiger partial charge in [0, 0.05) is 19.3 Å². The van der Waals surface area contributed by atoms with Gasteiger partial charge in [0.2, 0.25) is 0 Å². The summed E-state index contributed by atoms with van der Waals surface area (Å²) in [7, 11) is 1.66. The fourth-order valence-corrected chi connectivity index (χ4v) is 1.69. The maximum Gasteiger partial charge on any atom is 0.123 e. The van der Waals surface area contributed by atoms with E-state index in [1.54, 1.807) is 19.2 Å². The summed E-state index contributed by atoms with van der Waals surface area (Å²) in [5, 5.41) is 0. The van der Waals surface area contributed by atoms with Crippen molar-refractivity contribution in [2.75, 3.05) is 13.7 Å². The van der Waals surface area contributed by atoms with Crippen molar-refractivity contribution in [3.05, 3.63) is 35.1 Å². The van der Waals surface area contributed by atoms with Crippen LogP contribution in [0, 0.1) is 12.7 Å². The Balaban J connectivity index is 2.74. The van der Waals surface area contributed by atoms with Gasteiger partial charge in [-0.05, 0) is 49.9 Å². The van der Waals surface area contributed by atoms with Crippen molar-refractivity contribution in [3.63, 3.8) is 0 Å². The summed E-state index contributed by atoms with van der Waals surface area (Å²) >= 11 is 0. The molecule has 0 aliphatic rings. The van der Waals surface area contributed by atoms with Crippen LogP contribution in [-0.4, -0.2) is 19.3 Å². The van der Waals surface area contributed by atoms with Crippen LogP contribution in [0.2, 0.25) is 0 Å². The van der Waals surface area contributed by atoms with Crippen LogP contribution in [0.15, 0.2) is 18.2 Å². The van der Waals surface area contributed by atoms with E-state index in [0.717, 1.165) is 17.5 Å². The van der Waals surface area contributed by atoms with Crippen LogP contribution in [0.1, 0.15) is 24.5 Å². The first-order chi connectivity index (χ1) is 7.44. The third kappa shape index (κ3) is 3.91. The molecule has 1 aromatic carbocycles. The third-order valence-corrected chi connectivity index (χ3v) is 2.78. The van der Waals surface area contributed by atoms with Gasteiger partial charge in [0.05, 0.1) is 0 Å². The Morgan fingerprint density at radius 2 is 2.12 bits per heavy atom. The van der Waals surface area contributed by atoms with Crippen LogP contribution >= 0.6 is 0 Å². The van der Waals surface area contributed by atoms with Crippen molar-refractivity contribution in [1.29, 1.82) is 0 Å². The Hall–Kier alpha value is -0.930. The van der Waals surface area contributed by atoms with Gasteiger partial charge in [-0.15, -0.1) is 0 Å².